The first-order valence-electron chi connectivity index (χ1n) is 16.3. The van der Waals surface area contributed by atoms with Gasteiger partial charge in [0.15, 0.2) is 0 Å². The van der Waals surface area contributed by atoms with Crippen molar-refractivity contribution < 1.29 is 24.0 Å². The summed E-state index contributed by atoms with van der Waals surface area (Å²) in [5.41, 5.74) is 18.3. The lowest BCUT2D eigenvalue weighted by Gasteiger charge is -2.33. The molecule has 1 atom stereocenters. The third kappa shape index (κ3) is 13.2. The van der Waals surface area contributed by atoms with Gasteiger partial charge in [0.05, 0.1) is 31.3 Å². The van der Waals surface area contributed by atoms with Crippen LogP contribution in [0.2, 0.25) is 0 Å². The van der Waals surface area contributed by atoms with E-state index in [1.54, 1.807) is 72.8 Å². The molecule has 0 radical (unpaired) electrons. The zero-order valence-electron chi connectivity index (χ0n) is 27.7. The number of hydrogen-bond donors (Lipinski definition) is 8. The fourth-order valence-corrected chi connectivity index (χ4v) is 8.56. The van der Waals surface area contributed by atoms with Gasteiger partial charge < -0.3 is 43.8 Å². The molecule has 3 aromatic rings. The zero-order chi connectivity index (χ0) is 35.9. The molecular formula is C35H44N8O5S2. The van der Waals surface area contributed by atoms with Crippen LogP contribution >= 0.6 is 21.6 Å². The van der Waals surface area contributed by atoms with Crippen LogP contribution in [0.5, 0.6) is 0 Å². The molecule has 1 fully saturated rings. The molecule has 0 bridgehead atoms. The van der Waals surface area contributed by atoms with Crippen LogP contribution < -0.4 is 43.8 Å². The van der Waals surface area contributed by atoms with Gasteiger partial charge in [0.25, 0.3) is 0 Å². The van der Waals surface area contributed by atoms with Crippen molar-refractivity contribution in [2.75, 3.05) is 45.4 Å². The molecule has 3 aromatic carbocycles. The highest BCUT2D eigenvalue weighted by Crippen LogP contribution is 2.39. The van der Waals surface area contributed by atoms with Crippen LogP contribution in [-0.2, 0) is 24.0 Å². The molecule has 1 heterocycles. The maximum absolute atomic E-state index is 13.5. The Labute approximate surface area is 299 Å². The number of amides is 5. The maximum atomic E-state index is 13.5. The number of hydrogen-bond acceptors (Lipinski definition) is 10. The molecule has 5 amide bonds. The average Bonchev–Trinajstić information content (AvgIpc) is 3.55. The quantitative estimate of drug-likeness (QED) is 0.0554. The van der Waals surface area contributed by atoms with Gasteiger partial charge in [0, 0.05) is 51.5 Å². The molecule has 0 saturated carbocycles. The highest BCUT2D eigenvalue weighted by molar-refractivity contribution is 8.77. The van der Waals surface area contributed by atoms with Crippen LogP contribution in [0.3, 0.4) is 0 Å². The summed E-state index contributed by atoms with van der Waals surface area (Å²) >= 11 is 0. The predicted molar refractivity (Wildman–Crippen MR) is 203 cm³/mol. The molecule has 4 rings (SSSR count). The van der Waals surface area contributed by atoms with E-state index in [4.69, 9.17) is 17.2 Å². The Morgan fingerprint density at radius 2 is 1.14 bits per heavy atom. The maximum Gasteiger partial charge on any atom is 0.239 e. The zero-order valence-corrected chi connectivity index (χ0v) is 29.3. The highest BCUT2D eigenvalue weighted by Gasteiger charge is 2.39. The summed E-state index contributed by atoms with van der Waals surface area (Å²) in [4.78, 5) is 66.6. The minimum atomic E-state index is -1.74. The Hall–Kier alpha value is -4.89. The van der Waals surface area contributed by atoms with Gasteiger partial charge in [0.2, 0.25) is 29.5 Å². The number of nitrogens with one attached hydrogen (secondary N) is 5. The molecule has 1 saturated heterocycles. The number of benzene rings is 3. The lowest BCUT2D eigenvalue weighted by Crippen LogP contribution is -2.56. The molecule has 1 aliphatic rings. The number of anilines is 6. The average molecular weight is 721 g/mol. The van der Waals surface area contributed by atoms with Gasteiger partial charge in [-0.15, -0.1) is 0 Å². The van der Waals surface area contributed by atoms with Crippen molar-refractivity contribution >= 4 is 85.2 Å². The van der Waals surface area contributed by atoms with E-state index >= 15 is 0 Å². The molecule has 13 nitrogen and oxygen atoms in total. The number of nitrogen functional groups attached to an aromatic ring is 3. The van der Waals surface area contributed by atoms with E-state index in [1.807, 2.05) is 21.6 Å². The van der Waals surface area contributed by atoms with Crippen LogP contribution in [0, 0.1) is 0 Å². The molecule has 11 N–H and O–H groups in total. The summed E-state index contributed by atoms with van der Waals surface area (Å²) in [5.74, 6) is -1.59. The van der Waals surface area contributed by atoms with Gasteiger partial charge >= 0.3 is 0 Å². The van der Waals surface area contributed by atoms with Crippen molar-refractivity contribution in [2.24, 2.45) is 0 Å². The first kappa shape index (κ1) is 37.9. The van der Waals surface area contributed by atoms with E-state index in [0.29, 0.717) is 45.8 Å². The van der Waals surface area contributed by atoms with E-state index in [-0.39, 0.29) is 12.3 Å². The second kappa shape index (κ2) is 18.8. The van der Waals surface area contributed by atoms with Crippen molar-refractivity contribution in [3.05, 3.63) is 72.8 Å². The van der Waals surface area contributed by atoms with Gasteiger partial charge in [0.1, 0.15) is 0 Å². The molecule has 1 aliphatic heterocycles. The molecule has 50 heavy (non-hydrogen) atoms. The topological polar surface area (TPSA) is 224 Å². The summed E-state index contributed by atoms with van der Waals surface area (Å²) in [5, 5.41) is 14.2. The van der Waals surface area contributed by atoms with E-state index in [9.17, 15) is 24.0 Å². The van der Waals surface area contributed by atoms with Crippen molar-refractivity contribution in [1.82, 2.24) is 10.6 Å². The van der Waals surface area contributed by atoms with Crippen LogP contribution in [0.1, 0.15) is 51.4 Å². The van der Waals surface area contributed by atoms with Gasteiger partial charge in [-0.1, -0.05) is 46.2 Å². The fourth-order valence-electron chi connectivity index (χ4n) is 5.54. The Kier molecular flexibility index (Phi) is 14.2. The molecule has 0 aliphatic carbocycles. The number of unbranched alkanes of at least 4 members (excludes halogenated alkanes) is 1. The summed E-state index contributed by atoms with van der Waals surface area (Å²) in [6, 6.07) is 19.5. The SMILES string of the molecule is Nc1cccc(NC(=O)CC(CC(=O)Nc2cccc(N)c2)(CC(=O)Nc2cccc(N)c2)NC(=O)CNC(=O)CCCCC2CCSS2)c1. The smallest absolute Gasteiger partial charge is 0.239 e. The Morgan fingerprint density at radius 1 is 0.660 bits per heavy atom. The summed E-state index contributed by atoms with van der Waals surface area (Å²) < 4.78 is 0. The van der Waals surface area contributed by atoms with E-state index in [0.717, 1.165) is 18.6 Å². The van der Waals surface area contributed by atoms with Crippen LogP contribution in [0.15, 0.2) is 72.8 Å². The van der Waals surface area contributed by atoms with Crippen molar-refractivity contribution in [1.29, 1.82) is 0 Å². The van der Waals surface area contributed by atoms with Gasteiger partial charge in [-0.05, 0) is 73.9 Å². The largest absolute Gasteiger partial charge is 0.399 e. The molecule has 15 heteroatoms. The first-order chi connectivity index (χ1) is 24.0. The van der Waals surface area contributed by atoms with Crippen molar-refractivity contribution in [3.8, 4) is 0 Å². The van der Waals surface area contributed by atoms with Crippen molar-refractivity contribution in [3.63, 3.8) is 0 Å². The van der Waals surface area contributed by atoms with E-state index < -0.39 is 55.0 Å². The van der Waals surface area contributed by atoms with Gasteiger partial charge in [-0.25, -0.2) is 0 Å². The molecular weight excluding hydrogens is 677 g/mol. The fraction of sp³-hybridized carbons (Fsp3) is 0.343. The number of nitrogens with two attached hydrogens (primary N) is 3. The van der Waals surface area contributed by atoms with Crippen molar-refractivity contribution in [2.45, 2.75) is 62.2 Å². The van der Waals surface area contributed by atoms with E-state index in [2.05, 4.69) is 26.6 Å². The third-order valence-corrected chi connectivity index (χ3v) is 10.8. The van der Waals surface area contributed by atoms with Gasteiger partial charge in [-0.2, -0.15) is 0 Å². The predicted octanol–water partition coefficient (Wildman–Crippen LogP) is 4.50. The minimum absolute atomic E-state index is 0.261. The highest BCUT2D eigenvalue weighted by atomic mass is 33.1. The van der Waals surface area contributed by atoms with Crippen LogP contribution in [-0.4, -0.2) is 52.6 Å². The lowest BCUT2D eigenvalue weighted by atomic mass is 9.85. The normalized spacial score (nSPS) is 14.0. The van der Waals surface area contributed by atoms with Crippen LogP contribution in [0.4, 0.5) is 34.1 Å². The summed E-state index contributed by atoms with van der Waals surface area (Å²) in [7, 11) is 3.77. The number of rotatable bonds is 17. The summed E-state index contributed by atoms with van der Waals surface area (Å²) in [6.45, 7) is -0.416. The Morgan fingerprint density at radius 3 is 1.56 bits per heavy atom. The second-order valence-electron chi connectivity index (χ2n) is 12.2. The summed E-state index contributed by atoms with van der Waals surface area (Å²) in [6.07, 6.45) is 2.65. The van der Waals surface area contributed by atoms with E-state index in [1.165, 1.54) is 6.42 Å². The standard InChI is InChI=1S/C35H44N8O5S2/c36-23-6-3-9-26(16-23)40-31(45)19-35(20-32(46)41-27-10-4-7-24(37)17-27,21-33(47)42-28-11-5-8-25(38)18-28)43-34(48)22-39-30(44)13-2-1-12-29-14-15-49-50-29/h3-11,16-18,29H,1-2,12-15,19-22,36-38H2,(H,39,44)(H,40,45)(H,41,46)(H,42,47)(H,43,48). The molecule has 1 unspecified atom stereocenters. The third-order valence-electron chi connectivity index (χ3n) is 7.77. The number of carbonyl (C=O) groups excluding carboxylic acids is 5. The second-order valence-corrected chi connectivity index (χ2v) is 15.0. The first-order valence-corrected chi connectivity index (χ1v) is 18.7. The van der Waals surface area contributed by atoms with Crippen LogP contribution in [0.25, 0.3) is 0 Å². The number of carbonyl (C=O) groups is 5. The van der Waals surface area contributed by atoms with Gasteiger partial charge in [-0.3, -0.25) is 24.0 Å². The Bertz CT molecular complexity index is 1520. The lowest BCUT2D eigenvalue weighted by molar-refractivity contribution is -0.129. The monoisotopic (exact) mass is 720 g/mol. The molecule has 266 valence electrons. The molecule has 0 spiro atoms. The Balaban J connectivity index is 1.52. The molecule has 0 aromatic heterocycles. The minimum Gasteiger partial charge on any atom is -0.399 e.